The lowest BCUT2D eigenvalue weighted by molar-refractivity contribution is 0.275. The van der Waals surface area contributed by atoms with E-state index in [2.05, 4.69) is 6.92 Å². The number of halogens is 1. The lowest BCUT2D eigenvalue weighted by Crippen LogP contribution is -1.92. The zero-order valence-corrected chi connectivity index (χ0v) is 7.18. The van der Waals surface area contributed by atoms with Crippen LogP contribution in [0.1, 0.15) is 24.5 Å². The number of hydrogen-bond acceptors (Lipinski definition) is 1. The van der Waals surface area contributed by atoms with Gasteiger partial charge in [0.15, 0.2) is 0 Å². The fourth-order valence-electron chi connectivity index (χ4n) is 1.16. The molecule has 0 aliphatic heterocycles. The Morgan fingerprint density at radius 1 is 1.42 bits per heavy atom. The molecular formula is C10H13FO. The minimum atomic E-state index is -0.302. The van der Waals surface area contributed by atoms with Gasteiger partial charge in [0.05, 0.1) is 6.61 Å². The number of hydrogen-bond donors (Lipinski definition) is 1. The van der Waals surface area contributed by atoms with E-state index in [1.54, 1.807) is 6.07 Å². The van der Waals surface area contributed by atoms with Gasteiger partial charge < -0.3 is 5.11 Å². The first-order chi connectivity index (χ1) is 5.77. The van der Waals surface area contributed by atoms with Gasteiger partial charge in [-0.3, -0.25) is 0 Å². The number of aliphatic hydroxyl groups excluding tert-OH is 1. The second-order valence-electron chi connectivity index (χ2n) is 2.83. The van der Waals surface area contributed by atoms with Crippen molar-refractivity contribution in [2.75, 3.05) is 0 Å². The molecule has 1 nitrogen and oxygen atoms in total. The molecule has 1 aromatic rings. The fraction of sp³-hybridized carbons (Fsp3) is 0.400. The zero-order chi connectivity index (χ0) is 8.97. The lowest BCUT2D eigenvalue weighted by atomic mass is 10.1. The van der Waals surface area contributed by atoms with Crippen molar-refractivity contribution in [3.63, 3.8) is 0 Å². The molecule has 0 unspecified atom stereocenters. The van der Waals surface area contributed by atoms with Crippen molar-refractivity contribution in [3.8, 4) is 0 Å². The number of rotatable bonds is 3. The maximum atomic E-state index is 13.0. The quantitative estimate of drug-likeness (QED) is 0.734. The summed E-state index contributed by atoms with van der Waals surface area (Å²) < 4.78 is 13.0. The molecule has 0 amide bonds. The van der Waals surface area contributed by atoms with Crippen LogP contribution in [-0.2, 0) is 13.0 Å². The normalized spacial score (nSPS) is 10.2. The molecule has 12 heavy (non-hydrogen) atoms. The van der Waals surface area contributed by atoms with E-state index in [0.29, 0.717) is 5.56 Å². The molecule has 0 aliphatic rings. The van der Waals surface area contributed by atoms with E-state index in [4.69, 9.17) is 5.11 Å². The molecule has 0 bridgehead atoms. The Morgan fingerprint density at radius 3 is 2.67 bits per heavy atom. The summed E-state index contributed by atoms with van der Waals surface area (Å²) in [6.07, 6.45) is 1.90. The van der Waals surface area contributed by atoms with Crippen LogP contribution in [0.4, 0.5) is 4.39 Å². The molecular weight excluding hydrogens is 155 g/mol. The Morgan fingerprint density at radius 2 is 2.17 bits per heavy atom. The van der Waals surface area contributed by atoms with Gasteiger partial charge in [0.25, 0.3) is 0 Å². The van der Waals surface area contributed by atoms with E-state index in [1.165, 1.54) is 6.07 Å². The predicted octanol–water partition coefficient (Wildman–Crippen LogP) is 2.27. The van der Waals surface area contributed by atoms with Gasteiger partial charge in [-0.25, -0.2) is 4.39 Å². The first-order valence-corrected chi connectivity index (χ1v) is 4.16. The Bertz CT molecular complexity index is 258. The average molecular weight is 168 g/mol. The van der Waals surface area contributed by atoms with E-state index in [0.717, 1.165) is 18.4 Å². The Labute approximate surface area is 71.9 Å². The van der Waals surface area contributed by atoms with E-state index < -0.39 is 0 Å². The molecule has 1 rings (SSSR count). The first kappa shape index (κ1) is 9.20. The molecule has 2 heteroatoms. The molecule has 0 radical (unpaired) electrons. The summed E-state index contributed by atoms with van der Waals surface area (Å²) >= 11 is 0. The highest BCUT2D eigenvalue weighted by Gasteiger charge is 2.00. The maximum absolute atomic E-state index is 13.0. The Hall–Kier alpha value is -0.890. The molecule has 0 saturated heterocycles. The number of benzene rings is 1. The van der Waals surface area contributed by atoms with Crippen LogP contribution in [-0.4, -0.2) is 5.11 Å². The van der Waals surface area contributed by atoms with Crippen molar-refractivity contribution in [1.29, 1.82) is 0 Å². The largest absolute Gasteiger partial charge is 0.392 e. The molecule has 1 N–H and O–H groups in total. The van der Waals surface area contributed by atoms with Crippen LogP contribution in [0.15, 0.2) is 18.2 Å². The standard InChI is InChI=1S/C10H13FO/c1-2-3-8-4-5-9(7-12)10(11)6-8/h4-6,12H,2-3,7H2,1H3. The lowest BCUT2D eigenvalue weighted by Gasteiger charge is -2.02. The molecule has 0 saturated carbocycles. The van der Waals surface area contributed by atoms with Gasteiger partial charge in [-0.05, 0) is 18.1 Å². The maximum Gasteiger partial charge on any atom is 0.128 e. The van der Waals surface area contributed by atoms with Gasteiger partial charge in [0.1, 0.15) is 5.82 Å². The van der Waals surface area contributed by atoms with Gasteiger partial charge >= 0.3 is 0 Å². The monoisotopic (exact) mass is 168 g/mol. The first-order valence-electron chi connectivity index (χ1n) is 4.16. The number of aliphatic hydroxyl groups is 1. The summed E-state index contributed by atoms with van der Waals surface area (Å²) in [4.78, 5) is 0. The summed E-state index contributed by atoms with van der Waals surface area (Å²) in [6.45, 7) is 1.83. The van der Waals surface area contributed by atoms with Crippen molar-refractivity contribution < 1.29 is 9.50 Å². The Balaban J connectivity index is 2.86. The average Bonchev–Trinajstić information content (AvgIpc) is 2.05. The van der Waals surface area contributed by atoms with Gasteiger partial charge in [0, 0.05) is 5.56 Å². The van der Waals surface area contributed by atoms with Crippen LogP contribution in [0.5, 0.6) is 0 Å². The SMILES string of the molecule is CCCc1ccc(CO)c(F)c1. The van der Waals surface area contributed by atoms with Crippen molar-refractivity contribution in [3.05, 3.63) is 35.1 Å². The molecule has 0 aromatic heterocycles. The van der Waals surface area contributed by atoms with Gasteiger partial charge in [-0.1, -0.05) is 25.5 Å². The second kappa shape index (κ2) is 4.21. The summed E-state index contributed by atoms with van der Waals surface area (Å²) in [5.41, 5.74) is 1.36. The van der Waals surface area contributed by atoms with Crippen molar-refractivity contribution in [2.45, 2.75) is 26.4 Å². The van der Waals surface area contributed by atoms with Crippen LogP contribution in [0.3, 0.4) is 0 Å². The van der Waals surface area contributed by atoms with E-state index in [-0.39, 0.29) is 12.4 Å². The van der Waals surface area contributed by atoms with Crippen LogP contribution >= 0.6 is 0 Å². The highest BCUT2D eigenvalue weighted by atomic mass is 19.1. The topological polar surface area (TPSA) is 20.2 Å². The summed E-state index contributed by atoms with van der Waals surface area (Å²) in [5, 5.41) is 8.70. The smallest absolute Gasteiger partial charge is 0.128 e. The third kappa shape index (κ3) is 2.05. The minimum absolute atomic E-state index is 0.224. The van der Waals surface area contributed by atoms with Gasteiger partial charge in [0.2, 0.25) is 0 Å². The van der Waals surface area contributed by atoms with Crippen molar-refractivity contribution in [1.82, 2.24) is 0 Å². The number of aryl methyl sites for hydroxylation is 1. The third-order valence-electron chi connectivity index (χ3n) is 1.83. The molecule has 0 fully saturated rings. The zero-order valence-electron chi connectivity index (χ0n) is 7.18. The third-order valence-corrected chi connectivity index (χ3v) is 1.83. The minimum Gasteiger partial charge on any atom is -0.392 e. The highest BCUT2D eigenvalue weighted by Crippen LogP contribution is 2.11. The van der Waals surface area contributed by atoms with E-state index >= 15 is 0 Å². The molecule has 1 aromatic carbocycles. The molecule has 0 heterocycles. The summed E-state index contributed by atoms with van der Waals surface area (Å²) in [6, 6.07) is 4.99. The second-order valence-corrected chi connectivity index (χ2v) is 2.83. The van der Waals surface area contributed by atoms with Crippen molar-refractivity contribution >= 4 is 0 Å². The van der Waals surface area contributed by atoms with E-state index in [9.17, 15) is 4.39 Å². The molecule has 0 aliphatic carbocycles. The van der Waals surface area contributed by atoms with Gasteiger partial charge in [-0.15, -0.1) is 0 Å². The highest BCUT2D eigenvalue weighted by molar-refractivity contribution is 5.23. The predicted molar refractivity (Wildman–Crippen MR) is 46.3 cm³/mol. The van der Waals surface area contributed by atoms with Crippen LogP contribution in [0, 0.1) is 5.82 Å². The van der Waals surface area contributed by atoms with Crippen molar-refractivity contribution in [2.24, 2.45) is 0 Å². The molecule has 66 valence electrons. The molecule has 0 atom stereocenters. The Kier molecular flexibility index (Phi) is 3.23. The summed E-state index contributed by atoms with van der Waals surface area (Å²) in [7, 11) is 0. The van der Waals surface area contributed by atoms with Gasteiger partial charge in [-0.2, -0.15) is 0 Å². The summed E-state index contributed by atoms with van der Waals surface area (Å²) in [5.74, 6) is -0.302. The van der Waals surface area contributed by atoms with Crippen LogP contribution in [0.25, 0.3) is 0 Å². The molecule has 0 spiro atoms. The van der Waals surface area contributed by atoms with Crippen LogP contribution in [0.2, 0.25) is 0 Å². The van der Waals surface area contributed by atoms with Crippen LogP contribution < -0.4 is 0 Å². The van der Waals surface area contributed by atoms with E-state index in [1.807, 2.05) is 6.07 Å². The fourth-order valence-corrected chi connectivity index (χ4v) is 1.16.